The number of hydrogen-bond acceptors (Lipinski definition) is 3. The molecule has 0 aliphatic heterocycles. The van der Waals surface area contributed by atoms with Gasteiger partial charge in [-0.3, -0.25) is 9.59 Å². The second-order valence-electron chi connectivity index (χ2n) is 5.07. The van der Waals surface area contributed by atoms with Crippen LogP contribution in [0.5, 0.6) is 0 Å². The summed E-state index contributed by atoms with van der Waals surface area (Å²) < 4.78 is 0.924. The maximum absolute atomic E-state index is 12.3. The highest BCUT2D eigenvalue weighted by molar-refractivity contribution is 14.1. The molecule has 0 fully saturated rings. The molecule has 126 valence electrons. The molecular weight excluding hydrogens is 443 g/mol. The Bertz CT molecular complexity index is 735. The third kappa shape index (κ3) is 5.68. The molecule has 0 bridgehead atoms. The van der Waals surface area contributed by atoms with E-state index in [4.69, 9.17) is 16.7 Å². The molecule has 2 rings (SSSR count). The Morgan fingerprint density at radius 3 is 2.50 bits per heavy atom. The monoisotopic (exact) mass is 458 g/mol. The lowest BCUT2D eigenvalue weighted by Crippen LogP contribution is -2.27. The number of rotatable bonds is 7. The number of carbonyl (C=O) groups excluding carboxylic acids is 1. The van der Waals surface area contributed by atoms with Gasteiger partial charge in [0.05, 0.1) is 12.0 Å². The predicted molar refractivity (Wildman–Crippen MR) is 103 cm³/mol. The lowest BCUT2D eigenvalue weighted by molar-refractivity contribution is -0.136. The van der Waals surface area contributed by atoms with E-state index in [9.17, 15) is 9.59 Å². The Kier molecular flexibility index (Phi) is 6.86. The SMILES string of the molecule is O=C(O)CCNC(=O)c1cc(I)ccc1NCc1ccc(Cl)cc1. The van der Waals surface area contributed by atoms with Gasteiger partial charge >= 0.3 is 5.97 Å². The predicted octanol–water partition coefficient (Wildman–Crippen LogP) is 3.76. The van der Waals surface area contributed by atoms with E-state index in [2.05, 4.69) is 33.2 Å². The first-order valence-corrected chi connectivity index (χ1v) is 8.69. The molecule has 3 N–H and O–H groups in total. The molecule has 0 radical (unpaired) electrons. The van der Waals surface area contributed by atoms with E-state index >= 15 is 0 Å². The summed E-state index contributed by atoms with van der Waals surface area (Å²) in [6.07, 6.45) is -0.108. The number of aliphatic carboxylic acids is 1. The molecule has 0 unspecified atom stereocenters. The van der Waals surface area contributed by atoms with Crippen LogP contribution in [0.1, 0.15) is 22.3 Å². The van der Waals surface area contributed by atoms with E-state index in [1.807, 2.05) is 36.4 Å². The lowest BCUT2D eigenvalue weighted by atomic mass is 10.1. The van der Waals surface area contributed by atoms with Crippen molar-refractivity contribution in [1.82, 2.24) is 5.32 Å². The van der Waals surface area contributed by atoms with Crippen molar-refractivity contribution in [2.24, 2.45) is 0 Å². The first-order valence-electron chi connectivity index (χ1n) is 7.23. The number of carboxylic acid groups (broad SMARTS) is 1. The van der Waals surface area contributed by atoms with Crippen LogP contribution >= 0.6 is 34.2 Å². The van der Waals surface area contributed by atoms with Gasteiger partial charge in [0.2, 0.25) is 0 Å². The van der Waals surface area contributed by atoms with Gasteiger partial charge < -0.3 is 15.7 Å². The largest absolute Gasteiger partial charge is 0.481 e. The van der Waals surface area contributed by atoms with Crippen molar-refractivity contribution in [2.75, 3.05) is 11.9 Å². The number of hydrogen-bond donors (Lipinski definition) is 3. The molecule has 24 heavy (non-hydrogen) atoms. The van der Waals surface area contributed by atoms with Crippen molar-refractivity contribution in [2.45, 2.75) is 13.0 Å². The smallest absolute Gasteiger partial charge is 0.305 e. The minimum absolute atomic E-state index is 0.0935. The molecule has 2 aromatic carbocycles. The van der Waals surface area contributed by atoms with Crippen LogP contribution in [0.15, 0.2) is 42.5 Å². The molecule has 0 saturated heterocycles. The fourth-order valence-electron chi connectivity index (χ4n) is 2.04. The number of benzene rings is 2. The Morgan fingerprint density at radius 2 is 1.83 bits per heavy atom. The molecule has 2 aromatic rings. The molecule has 0 saturated carbocycles. The Labute approximate surface area is 158 Å². The maximum Gasteiger partial charge on any atom is 0.305 e. The van der Waals surface area contributed by atoms with Crippen molar-refractivity contribution in [1.29, 1.82) is 0 Å². The summed E-state index contributed by atoms with van der Waals surface area (Å²) in [5.74, 6) is -1.24. The second kappa shape index (κ2) is 8.89. The highest BCUT2D eigenvalue weighted by Crippen LogP contribution is 2.20. The van der Waals surface area contributed by atoms with E-state index in [-0.39, 0.29) is 18.9 Å². The molecule has 0 aliphatic rings. The normalized spacial score (nSPS) is 10.2. The van der Waals surface area contributed by atoms with E-state index in [0.29, 0.717) is 22.8 Å². The third-order valence-corrected chi connectivity index (χ3v) is 4.17. The van der Waals surface area contributed by atoms with Gasteiger partial charge in [-0.15, -0.1) is 0 Å². The second-order valence-corrected chi connectivity index (χ2v) is 6.75. The molecule has 0 heterocycles. The molecule has 5 nitrogen and oxygen atoms in total. The molecule has 7 heteroatoms. The summed E-state index contributed by atoms with van der Waals surface area (Å²) in [7, 11) is 0. The van der Waals surface area contributed by atoms with Gasteiger partial charge in [0.15, 0.2) is 0 Å². The van der Waals surface area contributed by atoms with Crippen LogP contribution < -0.4 is 10.6 Å². The molecule has 0 atom stereocenters. The average molecular weight is 459 g/mol. The van der Waals surface area contributed by atoms with Gasteiger partial charge in [0.1, 0.15) is 0 Å². The van der Waals surface area contributed by atoms with Gasteiger partial charge in [-0.25, -0.2) is 0 Å². The van der Waals surface area contributed by atoms with Crippen LogP contribution in [0.25, 0.3) is 0 Å². The standard InChI is InChI=1S/C17H16ClIN2O3/c18-12-3-1-11(2-4-12)10-21-15-6-5-13(19)9-14(15)17(24)20-8-7-16(22)23/h1-6,9,21H,7-8,10H2,(H,20,24)(H,22,23). The Balaban J connectivity index is 2.07. The Morgan fingerprint density at radius 1 is 1.12 bits per heavy atom. The van der Waals surface area contributed by atoms with Crippen LogP contribution in [0.4, 0.5) is 5.69 Å². The van der Waals surface area contributed by atoms with Crippen LogP contribution in [0, 0.1) is 3.57 Å². The summed E-state index contributed by atoms with van der Waals surface area (Å²) in [5, 5.41) is 15.2. The zero-order valence-electron chi connectivity index (χ0n) is 12.7. The van der Waals surface area contributed by atoms with Crippen LogP contribution in [-0.2, 0) is 11.3 Å². The zero-order valence-corrected chi connectivity index (χ0v) is 15.6. The third-order valence-electron chi connectivity index (χ3n) is 3.25. The van der Waals surface area contributed by atoms with Gasteiger partial charge in [-0.2, -0.15) is 0 Å². The van der Waals surface area contributed by atoms with Crippen LogP contribution in [-0.4, -0.2) is 23.5 Å². The molecule has 1 amide bonds. The Hall–Kier alpha value is -1.80. The first kappa shape index (κ1) is 18.5. The van der Waals surface area contributed by atoms with Crippen LogP contribution in [0.2, 0.25) is 5.02 Å². The van der Waals surface area contributed by atoms with Crippen molar-refractivity contribution in [3.05, 3.63) is 62.2 Å². The first-order chi connectivity index (χ1) is 11.5. The summed E-state index contributed by atoms with van der Waals surface area (Å²) in [6.45, 7) is 0.642. The van der Waals surface area contributed by atoms with Crippen molar-refractivity contribution in [3.63, 3.8) is 0 Å². The summed E-state index contributed by atoms with van der Waals surface area (Å²) in [6, 6.07) is 12.9. The number of anilines is 1. The number of amides is 1. The van der Waals surface area contributed by atoms with Crippen molar-refractivity contribution < 1.29 is 14.7 Å². The fraction of sp³-hybridized carbons (Fsp3) is 0.176. The minimum atomic E-state index is -0.945. The minimum Gasteiger partial charge on any atom is -0.481 e. The molecule has 0 aromatic heterocycles. The van der Waals surface area contributed by atoms with E-state index < -0.39 is 5.97 Å². The fourth-order valence-corrected chi connectivity index (χ4v) is 2.65. The van der Waals surface area contributed by atoms with Gasteiger partial charge in [0, 0.05) is 27.4 Å². The molecular formula is C17H16ClIN2O3. The van der Waals surface area contributed by atoms with E-state index in [1.165, 1.54) is 0 Å². The molecule has 0 aliphatic carbocycles. The topological polar surface area (TPSA) is 78.4 Å². The number of nitrogens with one attached hydrogen (secondary N) is 2. The zero-order chi connectivity index (χ0) is 17.5. The van der Waals surface area contributed by atoms with Crippen LogP contribution in [0.3, 0.4) is 0 Å². The molecule has 0 spiro atoms. The number of halogens is 2. The summed E-state index contributed by atoms with van der Waals surface area (Å²) >= 11 is 8.00. The number of carboxylic acids is 1. The van der Waals surface area contributed by atoms with Gasteiger partial charge in [-0.1, -0.05) is 23.7 Å². The lowest BCUT2D eigenvalue weighted by Gasteiger charge is -2.13. The highest BCUT2D eigenvalue weighted by atomic mass is 127. The summed E-state index contributed by atoms with van der Waals surface area (Å²) in [4.78, 5) is 22.8. The van der Waals surface area contributed by atoms with Gasteiger partial charge in [0.25, 0.3) is 5.91 Å². The van der Waals surface area contributed by atoms with Gasteiger partial charge in [-0.05, 0) is 58.5 Å². The van der Waals surface area contributed by atoms with Crippen molar-refractivity contribution >= 4 is 51.8 Å². The highest BCUT2D eigenvalue weighted by Gasteiger charge is 2.12. The summed E-state index contributed by atoms with van der Waals surface area (Å²) in [5.41, 5.74) is 2.22. The van der Waals surface area contributed by atoms with E-state index in [1.54, 1.807) is 6.07 Å². The average Bonchev–Trinajstić information content (AvgIpc) is 2.54. The maximum atomic E-state index is 12.3. The quantitative estimate of drug-likeness (QED) is 0.552. The van der Waals surface area contributed by atoms with E-state index in [0.717, 1.165) is 9.13 Å². The van der Waals surface area contributed by atoms with Crippen molar-refractivity contribution in [3.8, 4) is 0 Å². The number of carbonyl (C=O) groups is 2.